The topological polar surface area (TPSA) is 41.1 Å². The predicted octanol–water partition coefficient (Wildman–Crippen LogP) is 3.31. The summed E-state index contributed by atoms with van der Waals surface area (Å²) in [6.07, 6.45) is -1.40. The van der Waals surface area contributed by atoms with E-state index in [2.05, 4.69) is 15.3 Å². The normalized spacial score (nSPS) is 20.1. The average molecular weight is 288 g/mol. The average Bonchev–Trinajstić information content (AvgIpc) is 2.38. The van der Waals surface area contributed by atoms with E-state index in [-0.39, 0.29) is 12.0 Å². The molecule has 0 bridgehead atoms. The van der Waals surface area contributed by atoms with Gasteiger partial charge >= 0.3 is 6.18 Å². The molecule has 2 heterocycles. The fourth-order valence-electron chi connectivity index (χ4n) is 2.40. The maximum absolute atomic E-state index is 12.9. The molecule has 1 fully saturated rings. The van der Waals surface area contributed by atoms with Gasteiger partial charge in [0.1, 0.15) is 5.82 Å². The number of hydrogen-bond donors (Lipinski definition) is 1. The number of halogens is 3. The second kappa shape index (κ2) is 5.85. The van der Waals surface area contributed by atoms with E-state index in [0.717, 1.165) is 31.9 Å². The third kappa shape index (κ3) is 3.32. The van der Waals surface area contributed by atoms with E-state index in [1.807, 2.05) is 11.8 Å². The Hall–Kier alpha value is -1.53. The lowest BCUT2D eigenvalue weighted by Crippen LogP contribution is -2.38. The van der Waals surface area contributed by atoms with E-state index in [1.165, 1.54) is 0 Å². The molecule has 0 aromatic carbocycles. The molecule has 0 amide bonds. The molecule has 1 aromatic rings. The fourth-order valence-corrected chi connectivity index (χ4v) is 2.40. The molecule has 1 aliphatic rings. The van der Waals surface area contributed by atoms with Gasteiger partial charge in [-0.2, -0.15) is 18.2 Å². The summed E-state index contributed by atoms with van der Waals surface area (Å²) in [5.41, 5.74) is -0.892. The van der Waals surface area contributed by atoms with Crippen molar-refractivity contribution < 1.29 is 13.2 Å². The number of hydrogen-bond acceptors (Lipinski definition) is 4. The molecule has 20 heavy (non-hydrogen) atoms. The van der Waals surface area contributed by atoms with Gasteiger partial charge in [0.05, 0.1) is 0 Å². The van der Waals surface area contributed by atoms with Gasteiger partial charge in [-0.05, 0) is 33.1 Å². The highest BCUT2D eigenvalue weighted by Gasteiger charge is 2.34. The molecule has 0 saturated carbocycles. The number of aromatic nitrogens is 2. The summed E-state index contributed by atoms with van der Waals surface area (Å²) in [5.74, 6) is 0.394. The standard InChI is InChI=1S/C13H19F3N4/c1-3-17-12-18-10(13(14,15)16)8-11(19-12)20-7-5-4-6-9(20)2/h8-9H,3-7H2,1-2H3,(H,17,18,19). The van der Waals surface area contributed by atoms with Crippen LogP contribution >= 0.6 is 0 Å². The van der Waals surface area contributed by atoms with Gasteiger partial charge in [0.2, 0.25) is 5.95 Å². The van der Waals surface area contributed by atoms with Crippen molar-refractivity contribution in [2.45, 2.75) is 45.3 Å². The molecule has 1 atom stereocenters. The van der Waals surface area contributed by atoms with Crippen LogP contribution < -0.4 is 10.2 Å². The second-order valence-electron chi connectivity index (χ2n) is 5.00. The maximum Gasteiger partial charge on any atom is 0.433 e. The zero-order valence-electron chi connectivity index (χ0n) is 11.7. The van der Waals surface area contributed by atoms with Crippen molar-refractivity contribution >= 4 is 11.8 Å². The highest BCUT2D eigenvalue weighted by molar-refractivity contribution is 5.46. The Morgan fingerprint density at radius 3 is 2.70 bits per heavy atom. The molecule has 1 aliphatic heterocycles. The minimum absolute atomic E-state index is 0.0371. The lowest BCUT2D eigenvalue weighted by Gasteiger charge is -2.34. The Bertz CT molecular complexity index is 461. The summed E-state index contributed by atoms with van der Waals surface area (Å²) in [6.45, 7) is 5.03. The molecule has 0 aliphatic carbocycles. The van der Waals surface area contributed by atoms with Crippen LogP contribution in [-0.2, 0) is 6.18 Å². The quantitative estimate of drug-likeness (QED) is 0.926. The van der Waals surface area contributed by atoms with Gasteiger partial charge in [0.25, 0.3) is 0 Å². The van der Waals surface area contributed by atoms with Crippen molar-refractivity contribution in [1.29, 1.82) is 0 Å². The fraction of sp³-hybridized carbons (Fsp3) is 0.692. The monoisotopic (exact) mass is 288 g/mol. The number of rotatable bonds is 3. The first-order chi connectivity index (χ1) is 9.41. The van der Waals surface area contributed by atoms with Crippen LogP contribution in [0.1, 0.15) is 38.8 Å². The van der Waals surface area contributed by atoms with Crippen LogP contribution in [0.2, 0.25) is 0 Å². The number of nitrogens with one attached hydrogen (secondary N) is 1. The summed E-state index contributed by atoms with van der Waals surface area (Å²) in [6, 6.07) is 1.25. The second-order valence-corrected chi connectivity index (χ2v) is 5.00. The van der Waals surface area contributed by atoms with Gasteiger partial charge in [-0.15, -0.1) is 0 Å². The summed E-state index contributed by atoms with van der Waals surface area (Å²) >= 11 is 0. The Morgan fingerprint density at radius 1 is 1.35 bits per heavy atom. The van der Waals surface area contributed by atoms with Crippen LogP contribution in [0.3, 0.4) is 0 Å². The van der Waals surface area contributed by atoms with Gasteiger partial charge < -0.3 is 10.2 Å². The van der Waals surface area contributed by atoms with Crippen LogP contribution in [0.5, 0.6) is 0 Å². The van der Waals surface area contributed by atoms with Crippen LogP contribution in [0.4, 0.5) is 24.9 Å². The van der Waals surface area contributed by atoms with Crippen LogP contribution in [0, 0.1) is 0 Å². The smallest absolute Gasteiger partial charge is 0.354 e. The zero-order chi connectivity index (χ0) is 14.8. The first-order valence-electron chi connectivity index (χ1n) is 6.88. The first kappa shape index (κ1) is 14.9. The van der Waals surface area contributed by atoms with Gasteiger partial charge in [0, 0.05) is 25.2 Å². The predicted molar refractivity (Wildman–Crippen MR) is 71.9 cm³/mol. The van der Waals surface area contributed by atoms with Crippen LogP contribution in [0.15, 0.2) is 6.07 Å². The first-order valence-corrected chi connectivity index (χ1v) is 6.88. The highest BCUT2D eigenvalue weighted by Crippen LogP contribution is 2.32. The van der Waals surface area contributed by atoms with Crippen molar-refractivity contribution in [1.82, 2.24) is 9.97 Å². The third-order valence-corrected chi connectivity index (χ3v) is 3.44. The maximum atomic E-state index is 12.9. The molecule has 7 heteroatoms. The number of nitrogens with zero attached hydrogens (tertiary/aromatic N) is 3. The lowest BCUT2D eigenvalue weighted by atomic mass is 10.0. The number of piperidine rings is 1. The van der Waals surface area contributed by atoms with Crippen LogP contribution in [0.25, 0.3) is 0 Å². The molecular formula is C13H19F3N4. The van der Waals surface area contributed by atoms with Crippen molar-refractivity contribution in [3.05, 3.63) is 11.8 Å². The summed E-state index contributed by atoms with van der Waals surface area (Å²) < 4.78 is 38.7. The third-order valence-electron chi connectivity index (χ3n) is 3.44. The van der Waals surface area contributed by atoms with E-state index in [9.17, 15) is 13.2 Å². The molecule has 4 nitrogen and oxygen atoms in total. The van der Waals surface area contributed by atoms with E-state index >= 15 is 0 Å². The van der Waals surface area contributed by atoms with E-state index < -0.39 is 11.9 Å². The highest BCUT2D eigenvalue weighted by atomic mass is 19.4. The lowest BCUT2D eigenvalue weighted by molar-refractivity contribution is -0.141. The Morgan fingerprint density at radius 2 is 2.10 bits per heavy atom. The Kier molecular flexibility index (Phi) is 4.35. The number of anilines is 2. The SMILES string of the molecule is CCNc1nc(N2CCCCC2C)cc(C(F)(F)F)n1. The van der Waals surface area contributed by atoms with Crippen molar-refractivity contribution in [2.75, 3.05) is 23.3 Å². The molecule has 1 saturated heterocycles. The molecule has 2 rings (SSSR count). The molecule has 0 radical (unpaired) electrons. The van der Waals surface area contributed by atoms with Gasteiger partial charge in [-0.25, -0.2) is 4.98 Å². The van der Waals surface area contributed by atoms with Crippen molar-refractivity contribution in [3.8, 4) is 0 Å². The van der Waals surface area contributed by atoms with Gasteiger partial charge in [-0.1, -0.05) is 0 Å². The summed E-state index contributed by atoms with van der Waals surface area (Å²) in [5, 5.41) is 2.77. The van der Waals surface area contributed by atoms with Crippen molar-refractivity contribution in [3.63, 3.8) is 0 Å². The van der Waals surface area contributed by atoms with Crippen molar-refractivity contribution in [2.24, 2.45) is 0 Å². The van der Waals surface area contributed by atoms with Gasteiger partial charge in [0.15, 0.2) is 5.69 Å². The van der Waals surface area contributed by atoms with E-state index in [0.29, 0.717) is 12.4 Å². The minimum Gasteiger partial charge on any atom is -0.354 e. The van der Waals surface area contributed by atoms with Gasteiger partial charge in [-0.3, -0.25) is 0 Å². The zero-order valence-corrected chi connectivity index (χ0v) is 11.7. The van der Waals surface area contributed by atoms with E-state index in [4.69, 9.17) is 0 Å². The van der Waals surface area contributed by atoms with Crippen LogP contribution in [-0.4, -0.2) is 29.1 Å². The largest absolute Gasteiger partial charge is 0.433 e. The molecule has 1 N–H and O–H groups in total. The number of alkyl halides is 3. The minimum atomic E-state index is -4.46. The Labute approximate surface area is 116 Å². The molecular weight excluding hydrogens is 269 g/mol. The summed E-state index contributed by atoms with van der Waals surface area (Å²) in [7, 11) is 0. The molecule has 0 spiro atoms. The molecule has 1 aromatic heterocycles. The van der Waals surface area contributed by atoms with E-state index in [1.54, 1.807) is 6.92 Å². The molecule has 112 valence electrons. The molecule has 1 unspecified atom stereocenters. The summed E-state index contributed by atoms with van der Waals surface area (Å²) in [4.78, 5) is 9.69. The Balaban J connectivity index is 2.38.